The van der Waals surface area contributed by atoms with Gasteiger partial charge in [0.15, 0.2) is 0 Å². The minimum absolute atomic E-state index is 0.0171. The molecule has 7 nitrogen and oxygen atoms in total. The Bertz CT molecular complexity index is 687. The zero-order chi connectivity index (χ0) is 17.3. The Morgan fingerprint density at radius 1 is 1.25 bits per heavy atom. The Morgan fingerprint density at radius 2 is 1.96 bits per heavy atom. The SMILES string of the molecule is CC1CCN(S(=O)(=O)N2C[C@H](C(=O)O)[C@@H](c3cccnc3)C2)CC1. The number of piperidine rings is 1. The lowest BCUT2D eigenvalue weighted by Crippen LogP contribution is -2.46. The van der Waals surface area contributed by atoms with Gasteiger partial charge in [0.1, 0.15) is 0 Å². The normalized spacial score (nSPS) is 27.4. The molecule has 0 radical (unpaired) electrons. The molecule has 0 aliphatic carbocycles. The molecule has 8 heteroatoms. The van der Waals surface area contributed by atoms with Gasteiger partial charge in [-0.05, 0) is 30.4 Å². The van der Waals surface area contributed by atoms with Crippen molar-refractivity contribution >= 4 is 16.2 Å². The Kier molecular flexibility index (Phi) is 4.89. The molecule has 24 heavy (non-hydrogen) atoms. The molecular weight excluding hydrogens is 330 g/mol. The second-order valence-electron chi connectivity index (χ2n) is 6.74. The zero-order valence-electron chi connectivity index (χ0n) is 13.7. The van der Waals surface area contributed by atoms with Gasteiger partial charge in [-0.1, -0.05) is 13.0 Å². The lowest BCUT2D eigenvalue weighted by atomic mass is 9.90. The van der Waals surface area contributed by atoms with Gasteiger partial charge in [0.2, 0.25) is 0 Å². The summed E-state index contributed by atoms with van der Waals surface area (Å²) < 4.78 is 28.6. The van der Waals surface area contributed by atoms with E-state index in [-0.39, 0.29) is 19.0 Å². The van der Waals surface area contributed by atoms with E-state index in [4.69, 9.17) is 0 Å². The number of carboxylic acid groups (broad SMARTS) is 1. The first-order valence-corrected chi connectivity index (χ1v) is 9.67. The second kappa shape index (κ2) is 6.78. The van der Waals surface area contributed by atoms with Crippen molar-refractivity contribution in [3.63, 3.8) is 0 Å². The highest BCUT2D eigenvalue weighted by Gasteiger charge is 2.45. The molecular formula is C16H23N3O4S. The van der Waals surface area contributed by atoms with Crippen molar-refractivity contribution in [3.8, 4) is 0 Å². The third-order valence-electron chi connectivity index (χ3n) is 5.11. The maximum Gasteiger partial charge on any atom is 0.308 e. The van der Waals surface area contributed by atoms with E-state index in [9.17, 15) is 18.3 Å². The van der Waals surface area contributed by atoms with Crippen LogP contribution in [0.15, 0.2) is 24.5 Å². The van der Waals surface area contributed by atoms with Gasteiger partial charge in [0.25, 0.3) is 10.2 Å². The summed E-state index contributed by atoms with van der Waals surface area (Å²) in [6.07, 6.45) is 4.94. The fourth-order valence-corrected chi connectivity index (χ4v) is 5.22. The number of carboxylic acids is 1. The fraction of sp³-hybridized carbons (Fsp3) is 0.625. The van der Waals surface area contributed by atoms with Crippen LogP contribution in [0.2, 0.25) is 0 Å². The second-order valence-corrected chi connectivity index (χ2v) is 8.67. The summed E-state index contributed by atoms with van der Waals surface area (Å²) in [4.78, 5) is 15.7. The van der Waals surface area contributed by atoms with Gasteiger partial charge in [-0.15, -0.1) is 0 Å². The van der Waals surface area contributed by atoms with E-state index in [1.54, 1.807) is 18.5 Å². The average Bonchev–Trinajstić information content (AvgIpc) is 3.02. The summed E-state index contributed by atoms with van der Waals surface area (Å²) in [5.74, 6) is -1.54. The van der Waals surface area contributed by atoms with E-state index in [1.165, 1.54) is 8.61 Å². The van der Waals surface area contributed by atoms with E-state index >= 15 is 0 Å². The summed E-state index contributed by atoms with van der Waals surface area (Å²) >= 11 is 0. The molecule has 0 amide bonds. The quantitative estimate of drug-likeness (QED) is 0.877. The van der Waals surface area contributed by atoms with Gasteiger partial charge in [-0.3, -0.25) is 9.78 Å². The lowest BCUT2D eigenvalue weighted by molar-refractivity contribution is -0.141. The van der Waals surface area contributed by atoms with E-state index in [0.29, 0.717) is 19.0 Å². The minimum atomic E-state index is -3.61. The zero-order valence-corrected chi connectivity index (χ0v) is 14.5. The lowest BCUT2D eigenvalue weighted by Gasteiger charge is -2.32. The van der Waals surface area contributed by atoms with Crippen LogP contribution >= 0.6 is 0 Å². The number of pyridine rings is 1. The van der Waals surface area contributed by atoms with Crippen LogP contribution in [0, 0.1) is 11.8 Å². The van der Waals surface area contributed by atoms with Crippen LogP contribution in [-0.2, 0) is 15.0 Å². The van der Waals surface area contributed by atoms with Gasteiger partial charge >= 0.3 is 5.97 Å². The maximum atomic E-state index is 12.9. The molecule has 2 fully saturated rings. The highest BCUT2D eigenvalue weighted by Crippen LogP contribution is 2.35. The molecule has 2 saturated heterocycles. The van der Waals surface area contributed by atoms with E-state index in [2.05, 4.69) is 11.9 Å². The third kappa shape index (κ3) is 3.31. The number of carbonyl (C=O) groups is 1. The van der Waals surface area contributed by atoms with Gasteiger partial charge < -0.3 is 5.11 Å². The van der Waals surface area contributed by atoms with Crippen molar-refractivity contribution in [1.29, 1.82) is 0 Å². The first-order valence-electron chi connectivity index (χ1n) is 8.27. The first-order chi connectivity index (χ1) is 11.4. The molecule has 1 aromatic heterocycles. The van der Waals surface area contributed by atoms with Crippen molar-refractivity contribution in [2.45, 2.75) is 25.7 Å². The van der Waals surface area contributed by atoms with Gasteiger partial charge in [-0.2, -0.15) is 17.0 Å². The Labute approximate surface area is 142 Å². The molecule has 3 heterocycles. The van der Waals surface area contributed by atoms with Crippen molar-refractivity contribution in [1.82, 2.24) is 13.6 Å². The van der Waals surface area contributed by atoms with E-state index in [1.807, 2.05) is 6.07 Å². The highest BCUT2D eigenvalue weighted by molar-refractivity contribution is 7.86. The predicted molar refractivity (Wildman–Crippen MR) is 88.6 cm³/mol. The van der Waals surface area contributed by atoms with Crippen LogP contribution in [0.5, 0.6) is 0 Å². The van der Waals surface area contributed by atoms with Crippen LogP contribution in [0.25, 0.3) is 0 Å². The Morgan fingerprint density at radius 3 is 2.54 bits per heavy atom. The molecule has 1 N–H and O–H groups in total. The molecule has 0 aromatic carbocycles. The van der Waals surface area contributed by atoms with Gasteiger partial charge in [0.05, 0.1) is 5.92 Å². The standard InChI is InChI=1S/C16H23N3O4S/c1-12-4-7-18(8-5-12)24(22,23)19-10-14(15(11-19)16(20)21)13-3-2-6-17-9-13/h2-3,6,9,12,14-15H,4-5,7-8,10-11H2,1H3,(H,20,21)/t14-,15+/m1/s1. The van der Waals surface area contributed by atoms with Crippen LogP contribution in [0.3, 0.4) is 0 Å². The number of hydrogen-bond donors (Lipinski definition) is 1. The molecule has 2 aliphatic heterocycles. The minimum Gasteiger partial charge on any atom is -0.481 e. The number of hydrogen-bond acceptors (Lipinski definition) is 4. The smallest absolute Gasteiger partial charge is 0.308 e. The predicted octanol–water partition coefficient (Wildman–Crippen LogP) is 1.16. The summed E-state index contributed by atoms with van der Waals surface area (Å²) in [7, 11) is -3.61. The number of nitrogens with zero attached hydrogens (tertiary/aromatic N) is 3. The summed E-state index contributed by atoms with van der Waals surface area (Å²) in [5, 5.41) is 9.52. The van der Waals surface area contributed by atoms with Gasteiger partial charge in [0, 0.05) is 44.5 Å². The Hall–Kier alpha value is -1.51. The third-order valence-corrected chi connectivity index (χ3v) is 7.08. The Balaban J connectivity index is 1.81. The van der Waals surface area contributed by atoms with Crippen molar-refractivity contribution in [2.24, 2.45) is 11.8 Å². The molecule has 3 rings (SSSR count). The summed E-state index contributed by atoms with van der Waals surface area (Å²) in [6.45, 7) is 3.35. The molecule has 2 aliphatic rings. The van der Waals surface area contributed by atoms with E-state index < -0.39 is 22.1 Å². The highest BCUT2D eigenvalue weighted by atomic mass is 32.2. The molecule has 132 valence electrons. The van der Waals surface area contributed by atoms with E-state index in [0.717, 1.165) is 18.4 Å². The van der Waals surface area contributed by atoms with Crippen molar-refractivity contribution in [2.75, 3.05) is 26.2 Å². The number of rotatable bonds is 4. The molecule has 0 bridgehead atoms. The molecule has 0 unspecified atom stereocenters. The molecule has 0 spiro atoms. The van der Waals surface area contributed by atoms with Crippen molar-refractivity contribution in [3.05, 3.63) is 30.1 Å². The van der Waals surface area contributed by atoms with Crippen LogP contribution in [0.4, 0.5) is 0 Å². The topological polar surface area (TPSA) is 90.8 Å². The van der Waals surface area contributed by atoms with Crippen LogP contribution in [-0.4, -0.2) is 59.3 Å². The van der Waals surface area contributed by atoms with Gasteiger partial charge in [-0.25, -0.2) is 0 Å². The summed E-state index contributed by atoms with van der Waals surface area (Å²) in [5.41, 5.74) is 0.773. The molecule has 2 atom stereocenters. The van der Waals surface area contributed by atoms with Crippen molar-refractivity contribution < 1.29 is 18.3 Å². The number of aliphatic carboxylic acids is 1. The first kappa shape index (κ1) is 17.3. The monoisotopic (exact) mass is 353 g/mol. The summed E-state index contributed by atoms with van der Waals surface area (Å²) in [6, 6.07) is 3.56. The average molecular weight is 353 g/mol. The maximum absolute atomic E-state index is 12.9. The van der Waals surface area contributed by atoms with Crippen LogP contribution in [0.1, 0.15) is 31.2 Å². The fourth-order valence-electron chi connectivity index (χ4n) is 3.52. The largest absolute Gasteiger partial charge is 0.481 e. The molecule has 0 saturated carbocycles. The van der Waals surface area contributed by atoms with Crippen LogP contribution < -0.4 is 0 Å². The molecule has 1 aromatic rings. The number of aromatic nitrogens is 1.